The predicted molar refractivity (Wildman–Crippen MR) is 106 cm³/mol. The Balaban J connectivity index is 1.63. The molecule has 1 amide bonds. The number of rotatable bonds is 5. The third-order valence-electron chi connectivity index (χ3n) is 3.68. The van der Waals surface area contributed by atoms with E-state index in [1.54, 1.807) is 12.1 Å². The van der Waals surface area contributed by atoms with E-state index in [4.69, 9.17) is 22.7 Å². The summed E-state index contributed by atoms with van der Waals surface area (Å²) >= 11 is 7.13. The fraction of sp³-hybridized carbons (Fsp3) is 0.111. The summed E-state index contributed by atoms with van der Waals surface area (Å²) in [6.07, 6.45) is 0. The van der Waals surface area contributed by atoms with Crippen LogP contribution in [0.5, 0.6) is 0 Å². The lowest BCUT2D eigenvalue weighted by atomic mass is 10.1. The van der Waals surface area contributed by atoms with Gasteiger partial charge >= 0.3 is 0 Å². The van der Waals surface area contributed by atoms with E-state index in [1.165, 1.54) is 22.5 Å². The van der Waals surface area contributed by atoms with Gasteiger partial charge in [0.25, 0.3) is 0 Å². The van der Waals surface area contributed by atoms with Gasteiger partial charge in [-0.15, -0.1) is 10.2 Å². The number of hydrogen-bond donors (Lipinski definition) is 2. The number of nitrogen functional groups attached to an aromatic ring is 1. The molecule has 2 aromatic carbocycles. The fourth-order valence-corrected chi connectivity index (χ4v) is 3.16. The van der Waals surface area contributed by atoms with Gasteiger partial charge in [0.15, 0.2) is 5.82 Å². The second kappa shape index (κ2) is 8.12. The molecule has 7 nitrogen and oxygen atoms in total. The molecule has 136 valence electrons. The molecular formula is C18H15ClN6OS. The number of aryl methyl sites for hydroxylation is 1. The zero-order valence-corrected chi connectivity index (χ0v) is 15.9. The third-order valence-corrected chi connectivity index (χ3v) is 4.94. The predicted octanol–water partition coefficient (Wildman–Crippen LogP) is 3.22. The summed E-state index contributed by atoms with van der Waals surface area (Å²) in [7, 11) is 0. The average molecular weight is 399 g/mol. The number of nitriles is 1. The van der Waals surface area contributed by atoms with Crippen LogP contribution in [-0.2, 0) is 4.79 Å². The van der Waals surface area contributed by atoms with E-state index >= 15 is 0 Å². The van der Waals surface area contributed by atoms with Crippen LogP contribution in [0.1, 0.15) is 11.1 Å². The smallest absolute Gasteiger partial charge is 0.234 e. The number of benzene rings is 2. The van der Waals surface area contributed by atoms with Crippen molar-refractivity contribution in [2.24, 2.45) is 0 Å². The van der Waals surface area contributed by atoms with Crippen LogP contribution in [0.3, 0.4) is 0 Å². The van der Waals surface area contributed by atoms with E-state index in [2.05, 4.69) is 15.5 Å². The number of aromatic nitrogens is 3. The van der Waals surface area contributed by atoms with E-state index in [9.17, 15) is 4.79 Å². The first-order chi connectivity index (χ1) is 13.0. The molecule has 9 heteroatoms. The van der Waals surface area contributed by atoms with Gasteiger partial charge in [-0.1, -0.05) is 53.2 Å². The summed E-state index contributed by atoms with van der Waals surface area (Å²) in [6.45, 7) is 2.00. The van der Waals surface area contributed by atoms with Crippen LogP contribution in [-0.4, -0.2) is 26.5 Å². The molecular weight excluding hydrogens is 384 g/mol. The van der Waals surface area contributed by atoms with E-state index in [0.29, 0.717) is 22.2 Å². The largest absolute Gasteiger partial charge is 0.335 e. The first kappa shape index (κ1) is 18.8. The van der Waals surface area contributed by atoms with E-state index in [1.807, 2.05) is 37.3 Å². The van der Waals surface area contributed by atoms with Crippen molar-refractivity contribution in [2.75, 3.05) is 16.9 Å². The van der Waals surface area contributed by atoms with Crippen LogP contribution in [0.25, 0.3) is 11.4 Å². The van der Waals surface area contributed by atoms with Gasteiger partial charge in [0.05, 0.1) is 16.3 Å². The third kappa shape index (κ3) is 4.39. The number of nitrogens with two attached hydrogens (primary N) is 1. The molecule has 0 bridgehead atoms. The number of hydrogen-bond acceptors (Lipinski definition) is 6. The maximum Gasteiger partial charge on any atom is 0.234 e. The van der Waals surface area contributed by atoms with E-state index < -0.39 is 0 Å². The van der Waals surface area contributed by atoms with Gasteiger partial charge in [0.2, 0.25) is 11.1 Å². The standard InChI is InChI=1S/C18H15ClN6OS/c1-11-2-4-12(5-3-11)17-23-24-18(25(17)21)27-10-16(26)22-14-7-6-13(9-20)15(19)8-14/h2-8H,10,21H2,1H3,(H,22,26). The van der Waals surface area contributed by atoms with Gasteiger partial charge in [0, 0.05) is 11.3 Å². The first-order valence-corrected chi connectivity index (χ1v) is 9.24. The Kier molecular flexibility index (Phi) is 5.64. The molecule has 0 fully saturated rings. The molecule has 1 aromatic heterocycles. The van der Waals surface area contributed by atoms with Crippen molar-refractivity contribution in [3.63, 3.8) is 0 Å². The Morgan fingerprint density at radius 1 is 1.30 bits per heavy atom. The number of amides is 1. The molecule has 27 heavy (non-hydrogen) atoms. The highest BCUT2D eigenvalue weighted by Crippen LogP contribution is 2.23. The van der Waals surface area contributed by atoms with E-state index in [-0.39, 0.29) is 16.7 Å². The lowest BCUT2D eigenvalue weighted by molar-refractivity contribution is -0.113. The molecule has 1 heterocycles. The minimum Gasteiger partial charge on any atom is -0.335 e. The number of halogens is 1. The van der Waals surface area contributed by atoms with Crippen molar-refractivity contribution in [1.29, 1.82) is 5.26 Å². The molecule has 0 saturated carbocycles. The molecule has 0 saturated heterocycles. The number of carbonyl (C=O) groups is 1. The van der Waals surface area contributed by atoms with Crippen LogP contribution in [0.15, 0.2) is 47.6 Å². The number of anilines is 1. The maximum absolute atomic E-state index is 12.1. The monoisotopic (exact) mass is 398 g/mol. The van der Waals surface area contributed by atoms with Crippen molar-refractivity contribution in [1.82, 2.24) is 14.9 Å². The number of nitrogens with zero attached hydrogens (tertiary/aromatic N) is 4. The number of thioether (sulfide) groups is 1. The molecule has 0 aliphatic carbocycles. The Morgan fingerprint density at radius 3 is 2.70 bits per heavy atom. The van der Waals surface area contributed by atoms with E-state index in [0.717, 1.165) is 11.1 Å². The molecule has 3 rings (SSSR count). The SMILES string of the molecule is Cc1ccc(-c2nnc(SCC(=O)Nc3ccc(C#N)c(Cl)c3)n2N)cc1. The first-order valence-electron chi connectivity index (χ1n) is 7.88. The quantitative estimate of drug-likeness (QED) is 0.504. The fourth-order valence-electron chi connectivity index (χ4n) is 2.29. The van der Waals surface area contributed by atoms with Crippen molar-refractivity contribution in [2.45, 2.75) is 12.1 Å². The minimum absolute atomic E-state index is 0.0981. The highest BCUT2D eigenvalue weighted by molar-refractivity contribution is 7.99. The van der Waals surface area contributed by atoms with Crippen LogP contribution >= 0.6 is 23.4 Å². The number of nitrogens with one attached hydrogen (secondary N) is 1. The summed E-state index contributed by atoms with van der Waals surface area (Å²) in [6, 6.07) is 14.4. The van der Waals surface area contributed by atoms with Gasteiger partial charge in [0.1, 0.15) is 6.07 Å². The molecule has 0 aliphatic rings. The van der Waals surface area contributed by atoms with Crippen molar-refractivity contribution in [3.8, 4) is 17.5 Å². The summed E-state index contributed by atoms with van der Waals surface area (Å²) in [4.78, 5) is 12.1. The lowest BCUT2D eigenvalue weighted by Crippen LogP contribution is -2.16. The lowest BCUT2D eigenvalue weighted by Gasteiger charge is -2.06. The number of carbonyl (C=O) groups excluding carboxylic acids is 1. The van der Waals surface area contributed by atoms with Crippen LogP contribution in [0.2, 0.25) is 5.02 Å². The second-order valence-corrected chi connectivity index (χ2v) is 7.04. The van der Waals surface area contributed by atoms with Crippen LogP contribution in [0, 0.1) is 18.3 Å². The van der Waals surface area contributed by atoms with Crippen LogP contribution < -0.4 is 11.2 Å². The zero-order valence-electron chi connectivity index (χ0n) is 14.3. The van der Waals surface area contributed by atoms with Gasteiger partial charge in [-0.25, -0.2) is 4.68 Å². The molecule has 0 radical (unpaired) electrons. The molecule has 3 aromatic rings. The molecule has 0 atom stereocenters. The van der Waals surface area contributed by atoms with Gasteiger partial charge in [-0.2, -0.15) is 5.26 Å². The molecule has 0 spiro atoms. The Morgan fingerprint density at radius 2 is 2.04 bits per heavy atom. The molecule has 3 N–H and O–H groups in total. The molecule has 0 aliphatic heterocycles. The Labute approximate surface area is 165 Å². The van der Waals surface area contributed by atoms with Crippen molar-refractivity contribution >= 4 is 35.0 Å². The maximum atomic E-state index is 12.1. The van der Waals surface area contributed by atoms with Crippen LogP contribution in [0.4, 0.5) is 5.69 Å². The normalized spacial score (nSPS) is 10.4. The summed E-state index contributed by atoms with van der Waals surface area (Å²) < 4.78 is 1.36. The van der Waals surface area contributed by atoms with Gasteiger partial charge < -0.3 is 11.2 Å². The van der Waals surface area contributed by atoms with Crippen molar-refractivity contribution in [3.05, 3.63) is 58.6 Å². The minimum atomic E-state index is -0.249. The van der Waals surface area contributed by atoms with Gasteiger partial charge in [-0.05, 0) is 25.1 Å². The van der Waals surface area contributed by atoms with Crippen molar-refractivity contribution < 1.29 is 4.79 Å². The topological polar surface area (TPSA) is 110 Å². The molecule has 0 unspecified atom stereocenters. The second-order valence-electron chi connectivity index (χ2n) is 5.69. The van der Waals surface area contributed by atoms with Gasteiger partial charge in [-0.3, -0.25) is 4.79 Å². The summed E-state index contributed by atoms with van der Waals surface area (Å²) in [5.41, 5.74) is 2.85. The average Bonchev–Trinajstić information content (AvgIpc) is 3.01. The Hall–Kier alpha value is -3.02. The highest BCUT2D eigenvalue weighted by Gasteiger charge is 2.14. The summed E-state index contributed by atoms with van der Waals surface area (Å²) in [5.74, 6) is 6.43. The zero-order chi connectivity index (χ0) is 19.4. The Bertz CT molecular complexity index is 1030. The highest BCUT2D eigenvalue weighted by atomic mass is 35.5. The summed E-state index contributed by atoms with van der Waals surface area (Å²) in [5, 5.41) is 20.4.